The zero-order chi connectivity index (χ0) is 14.4. The quantitative estimate of drug-likeness (QED) is 0.860. The highest BCUT2D eigenvalue weighted by atomic mass is 16.5. The lowest BCUT2D eigenvalue weighted by molar-refractivity contribution is 0.268. The molecule has 0 radical (unpaired) electrons. The van der Waals surface area contributed by atoms with Gasteiger partial charge in [-0.1, -0.05) is 25.8 Å². The Kier molecular flexibility index (Phi) is 5.03. The van der Waals surface area contributed by atoms with Crippen LogP contribution in [0.3, 0.4) is 0 Å². The van der Waals surface area contributed by atoms with Crippen molar-refractivity contribution in [3.63, 3.8) is 0 Å². The molecule has 1 aromatic carbocycles. The number of benzene rings is 1. The molecule has 0 heterocycles. The SMILES string of the molecule is CCC1(CNCc2ccc(OC)c(C#N)c2)CCCC1. The van der Waals surface area contributed by atoms with Crippen LogP contribution >= 0.6 is 0 Å². The summed E-state index contributed by atoms with van der Waals surface area (Å²) >= 11 is 0. The fourth-order valence-electron chi connectivity index (χ4n) is 3.20. The molecule has 2 rings (SSSR count). The molecule has 3 heteroatoms. The van der Waals surface area contributed by atoms with E-state index in [2.05, 4.69) is 18.3 Å². The summed E-state index contributed by atoms with van der Waals surface area (Å²) in [6, 6.07) is 8.00. The van der Waals surface area contributed by atoms with Crippen molar-refractivity contribution in [2.24, 2.45) is 5.41 Å². The van der Waals surface area contributed by atoms with Crippen LogP contribution in [0.15, 0.2) is 18.2 Å². The fourth-order valence-corrected chi connectivity index (χ4v) is 3.20. The molecule has 1 aliphatic rings. The Morgan fingerprint density at radius 1 is 1.35 bits per heavy atom. The van der Waals surface area contributed by atoms with E-state index < -0.39 is 0 Å². The van der Waals surface area contributed by atoms with Gasteiger partial charge in [0.2, 0.25) is 0 Å². The summed E-state index contributed by atoms with van der Waals surface area (Å²) in [6.07, 6.45) is 6.70. The Morgan fingerprint density at radius 2 is 2.10 bits per heavy atom. The highest BCUT2D eigenvalue weighted by molar-refractivity contribution is 5.45. The van der Waals surface area contributed by atoms with E-state index in [-0.39, 0.29) is 0 Å². The summed E-state index contributed by atoms with van der Waals surface area (Å²) in [7, 11) is 1.60. The maximum atomic E-state index is 9.10. The molecule has 20 heavy (non-hydrogen) atoms. The van der Waals surface area contributed by atoms with Gasteiger partial charge in [-0.3, -0.25) is 0 Å². The summed E-state index contributed by atoms with van der Waals surface area (Å²) < 4.78 is 5.17. The van der Waals surface area contributed by atoms with Crippen molar-refractivity contribution in [1.82, 2.24) is 5.32 Å². The van der Waals surface area contributed by atoms with Crippen LogP contribution in [0.25, 0.3) is 0 Å². The van der Waals surface area contributed by atoms with Crippen LogP contribution in [-0.4, -0.2) is 13.7 Å². The topological polar surface area (TPSA) is 45.0 Å². The molecular weight excluding hydrogens is 248 g/mol. The molecule has 0 amide bonds. The first kappa shape index (κ1) is 14.9. The summed E-state index contributed by atoms with van der Waals surface area (Å²) in [5.41, 5.74) is 2.26. The van der Waals surface area contributed by atoms with Gasteiger partial charge in [-0.15, -0.1) is 0 Å². The smallest absolute Gasteiger partial charge is 0.136 e. The zero-order valence-electron chi connectivity index (χ0n) is 12.5. The average Bonchev–Trinajstić information content (AvgIpc) is 2.96. The Balaban J connectivity index is 1.93. The summed E-state index contributed by atoms with van der Waals surface area (Å²) in [4.78, 5) is 0. The minimum atomic E-state index is 0.504. The van der Waals surface area contributed by atoms with E-state index >= 15 is 0 Å². The molecule has 0 spiro atoms. The molecule has 0 saturated heterocycles. The second-order valence-electron chi connectivity index (χ2n) is 5.81. The van der Waals surface area contributed by atoms with Crippen LogP contribution in [0.5, 0.6) is 5.75 Å². The summed E-state index contributed by atoms with van der Waals surface area (Å²) in [5, 5.41) is 12.7. The average molecular weight is 272 g/mol. The molecule has 0 aliphatic heterocycles. The molecule has 0 atom stereocenters. The molecule has 1 aliphatic carbocycles. The van der Waals surface area contributed by atoms with Gasteiger partial charge in [-0.2, -0.15) is 5.26 Å². The lowest BCUT2D eigenvalue weighted by Crippen LogP contribution is -2.31. The minimum Gasteiger partial charge on any atom is -0.495 e. The Hall–Kier alpha value is -1.53. The van der Waals surface area contributed by atoms with E-state index in [4.69, 9.17) is 10.00 Å². The molecule has 1 N–H and O–H groups in total. The number of nitriles is 1. The van der Waals surface area contributed by atoms with E-state index in [1.165, 1.54) is 32.1 Å². The predicted octanol–water partition coefficient (Wildman–Crippen LogP) is 3.63. The number of rotatable bonds is 6. The van der Waals surface area contributed by atoms with Gasteiger partial charge in [0.1, 0.15) is 11.8 Å². The molecule has 0 aromatic heterocycles. The second-order valence-corrected chi connectivity index (χ2v) is 5.81. The van der Waals surface area contributed by atoms with Crippen molar-refractivity contribution in [2.75, 3.05) is 13.7 Å². The third-order valence-electron chi connectivity index (χ3n) is 4.63. The Morgan fingerprint density at radius 3 is 2.70 bits per heavy atom. The monoisotopic (exact) mass is 272 g/mol. The number of hydrogen-bond donors (Lipinski definition) is 1. The standard InChI is InChI=1S/C17H24N2O/c1-3-17(8-4-5-9-17)13-19-12-14-6-7-16(20-2)15(10-14)11-18/h6-7,10,19H,3-5,8-9,12-13H2,1-2H3. The van der Waals surface area contributed by atoms with Crippen LogP contribution in [0, 0.1) is 16.7 Å². The number of hydrogen-bond acceptors (Lipinski definition) is 3. The number of methoxy groups -OCH3 is 1. The van der Waals surface area contributed by atoms with Gasteiger partial charge < -0.3 is 10.1 Å². The van der Waals surface area contributed by atoms with Crippen LogP contribution in [-0.2, 0) is 6.54 Å². The van der Waals surface area contributed by atoms with Crippen LogP contribution in [0.1, 0.15) is 50.2 Å². The van der Waals surface area contributed by atoms with Gasteiger partial charge in [0.25, 0.3) is 0 Å². The normalized spacial score (nSPS) is 16.9. The van der Waals surface area contributed by atoms with Gasteiger partial charge in [0.15, 0.2) is 0 Å². The molecule has 1 saturated carbocycles. The minimum absolute atomic E-state index is 0.504. The van der Waals surface area contributed by atoms with Crippen molar-refractivity contribution in [2.45, 2.75) is 45.6 Å². The van der Waals surface area contributed by atoms with Gasteiger partial charge >= 0.3 is 0 Å². The van der Waals surface area contributed by atoms with Crippen molar-refractivity contribution in [1.29, 1.82) is 5.26 Å². The molecular formula is C17H24N2O. The van der Waals surface area contributed by atoms with Crippen molar-refractivity contribution in [3.05, 3.63) is 29.3 Å². The molecule has 1 fully saturated rings. The van der Waals surface area contributed by atoms with Crippen molar-refractivity contribution >= 4 is 0 Å². The van der Waals surface area contributed by atoms with Crippen LogP contribution < -0.4 is 10.1 Å². The van der Waals surface area contributed by atoms with Gasteiger partial charge in [-0.25, -0.2) is 0 Å². The third kappa shape index (κ3) is 3.32. The lowest BCUT2D eigenvalue weighted by atomic mass is 9.83. The Labute approximate surface area is 121 Å². The van der Waals surface area contributed by atoms with E-state index in [1.54, 1.807) is 7.11 Å². The summed E-state index contributed by atoms with van der Waals surface area (Å²) in [5.74, 6) is 0.650. The van der Waals surface area contributed by atoms with E-state index in [0.29, 0.717) is 16.7 Å². The van der Waals surface area contributed by atoms with Crippen LogP contribution in [0.4, 0.5) is 0 Å². The van der Waals surface area contributed by atoms with E-state index in [9.17, 15) is 0 Å². The molecule has 0 bridgehead atoms. The van der Waals surface area contributed by atoms with Gasteiger partial charge in [0.05, 0.1) is 12.7 Å². The molecule has 1 aromatic rings. The van der Waals surface area contributed by atoms with Gasteiger partial charge in [0, 0.05) is 13.1 Å². The zero-order valence-corrected chi connectivity index (χ0v) is 12.5. The first-order chi connectivity index (χ1) is 9.73. The fraction of sp³-hybridized carbons (Fsp3) is 0.588. The van der Waals surface area contributed by atoms with Crippen LogP contribution in [0.2, 0.25) is 0 Å². The van der Waals surface area contributed by atoms with Crippen molar-refractivity contribution < 1.29 is 4.74 Å². The molecule has 3 nitrogen and oxygen atoms in total. The first-order valence-corrected chi connectivity index (χ1v) is 7.51. The predicted molar refractivity (Wildman–Crippen MR) is 80.6 cm³/mol. The van der Waals surface area contributed by atoms with E-state index in [0.717, 1.165) is 18.7 Å². The maximum Gasteiger partial charge on any atom is 0.136 e. The summed E-state index contributed by atoms with van der Waals surface area (Å²) in [6.45, 7) is 4.20. The highest BCUT2D eigenvalue weighted by Gasteiger charge is 2.31. The number of ether oxygens (including phenoxy) is 1. The third-order valence-corrected chi connectivity index (χ3v) is 4.63. The number of nitrogens with zero attached hydrogens (tertiary/aromatic N) is 1. The lowest BCUT2D eigenvalue weighted by Gasteiger charge is -2.27. The molecule has 0 unspecified atom stereocenters. The van der Waals surface area contributed by atoms with E-state index in [1.807, 2.05) is 18.2 Å². The molecule has 108 valence electrons. The Bertz CT molecular complexity index is 484. The maximum absolute atomic E-state index is 9.10. The van der Waals surface area contributed by atoms with Gasteiger partial charge in [-0.05, 0) is 42.4 Å². The highest BCUT2D eigenvalue weighted by Crippen LogP contribution is 2.40. The van der Waals surface area contributed by atoms with Crippen molar-refractivity contribution in [3.8, 4) is 11.8 Å². The number of nitrogens with one attached hydrogen (secondary N) is 1. The largest absolute Gasteiger partial charge is 0.495 e. The second kappa shape index (κ2) is 6.76. The first-order valence-electron chi connectivity index (χ1n) is 7.51.